The summed E-state index contributed by atoms with van der Waals surface area (Å²) in [5.41, 5.74) is -0.127. The minimum absolute atomic E-state index is 0.127. The first-order valence-corrected chi connectivity index (χ1v) is 8.02. The molecule has 1 aromatic heterocycles. The number of aliphatic hydroxyl groups excluding tert-OH is 1. The number of nitro groups is 1. The number of thioether (sulfide) groups is 1. The van der Waals surface area contributed by atoms with Gasteiger partial charge in [-0.1, -0.05) is 6.92 Å². The third-order valence-corrected chi connectivity index (χ3v) is 3.56. The van der Waals surface area contributed by atoms with Gasteiger partial charge in [0.2, 0.25) is 11.8 Å². The van der Waals surface area contributed by atoms with E-state index in [1.807, 2.05) is 6.92 Å². The lowest BCUT2D eigenvalue weighted by atomic mass is 10.4. The van der Waals surface area contributed by atoms with E-state index in [9.17, 15) is 10.1 Å². The molecule has 0 bridgehead atoms. The second kappa shape index (κ2) is 10.2. The first-order chi connectivity index (χ1) is 10.2. The second-order valence-corrected chi connectivity index (χ2v) is 5.45. The molecule has 0 aliphatic rings. The predicted molar refractivity (Wildman–Crippen MR) is 85.0 cm³/mol. The van der Waals surface area contributed by atoms with Crippen molar-refractivity contribution in [1.29, 1.82) is 0 Å². The smallest absolute Gasteiger partial charge is 0.329 e. The van der Waals surface area contributed by atoms with Crippen LogP contribution in [0.3, 0.4) is 0 Å². The zero-order chi connectivity index (χ0) is 15.5. The minimum atomic E-state index is -0.495. The van der Waals surface area contributed by atoms with E-state index in [0.29, 0.717) is 19.0 Å². The Bertz CT molecular complexity index is 447. The average Bonchev–Trinajstić information content (AvgIpc) is 2.48. The molecule has 0 aromatic carbocycles. The monoisotopic (exact) mass is 315 g/mol. The molecular formula is C12H21N5O3S. The summed E-state index contributed by atoms with van der Waals surface area (Å²) in [4.78, 5) is 18.5. The minimum Gasteiger partial charge on any atom is -0.396 e. The van der Waals surface area contributed by atoms with Crippen LogP contribution >= 0.6 is 11.8 Å². The van der Waals surface area contributed by atoms with E-state index in [1.54, 1.807) is 11.8 Å². The van der Waals surface area contributed by atoms with Crippen molar-refractivity contribution in [2.24, 2.45) is 0 Å². The van der Waals surface area contributed by atoms with E-state index in [4.69, 9.17) is 5.11 Å². The molecule has 0 saturated carbocycles. The van der Waals surface area contributed by atoms with Crippen LogP contribution in [0.5, 0.6) is 0 Å². The Hall–Kier alpha value is -1.61. The summed E-state index contributed by atoms with van der Waals surface area (Å²) in [5.74, 6) is 2.28. The van der Waals surface area contributed by atoms with Gasteiger partial charge in [0.15, 0.2) is 0 Å². The van der Waals surface area contributed by atoms with Gasteiger partial charge in [-0.15, -0.1) is 0 Å². The van der Waals surface area contributed by atoms with Gasteiger partial charge in [-0.2, -0.15) is 16.7 Å². The fourth-order valence-corrected chi connectivity index (χ4v) is 2.26. The topological polar surface area (TPSA) is 113 Å². The largest absolute Gasteiger partial charge is 0.396 e. The molecule has 3 N–H and O–H groups in total. The molecule has 0 unspecified atom stereocenters. The van der Waals surface area contributed by atoms with Crippen molar-refractivity contribution in [3.8, 4) is 0 Å². The van der Waals surface area contributed by atoms with E-state index in [2.05, 4.69) is 20.6 Å². The molecule has 0 spiro atoms. The Morgan fingerprint density at radius 3 is 2.86 bits per heavy atom. The van der Waals surface area contributed by atoms with Crippen LogP contribution < -0.4 is 10.6 Å². The van der Waals surface area contributed by atoms with E-state index < -0.39 is 4.92 Å². The maximum absolute atomic E-state index is 11.0. The SMILES string of the molecule is CCCNc1ncc([N+](=O)[O-])c(NCCSCCCO)n1. The van der Waals surface area contributed by atoms with Gasteiger partial charge in [0.1, 0.15) is 6.20 Å². The van der Waals surface area contributed by atoms with Gasteiger partial charge < -0.3 is 15.7 Å². The van der Waals surface area contributed by atoms with Gasteiger partial charge in [-0.25, -0.2) is 4.98 Å². The zero-order valence-electron chi connectivity index (χ0n) is 12.0. The van der Waals surface area contributed by atoms with Crippen molar-refractivity contribution >= 4 is 29.2 Å². The van der Waals surface area contributed by atoms with Gasteiger partial charge in [0.25, 0.3) is 0 Å². The van der Waals surface area contributed by atoms with Gasteiger partial charge in [0, 0.05) is 25.4 Å². The number of nitrogens with one attached hydrogen (secondary N) is 2. The number of rotatable bonds is 11. The first-order valence-electron chi connectivity index (χ1n) is 6.86. The number of aliphatic hydroxyl groups is 1. The summed E-state index contributed by atoms with van der Waals surface area (Å²) < 4.78 is 0. The number of anilines is 2. The van der Waals surface area contributed by atoms with Crippen molar-refractivity contribution in [2.45, 2.75) is 19.8 Å². The standard InChI is InChI=1S/C12H21N5O3S/c1-2-4-14-12-15-9-10(17(19)20)11(16-12)13-5-8-21-7-3-6-18/h9,18H,2-8H2,1H3,(H2,13,14,15,16). The van der Waals surface area contributed by atoms with Gasteiger partial charge in [-0.05, 0) is 18.6 Å². The number of nitrogens with zero attached hydrogens (tertiary/aromatic N) is 3. The average molecular weight is 315 g/mol. The highest BCUT2D eigenvalue weighted by Crippen LogP contribution is 2.21. The molecule has 0 amide bonds. The predicted octanol–water partition coefficient (Wildman–Crippen LogP) is 1.73. The summed E-state index contributed by atoms with van der Waals surface area (Å²) in [6, 6.07) is 0. The quantitative estimate of drug-likeness (QED) is 0.321. The fourth-order valence-electron chi connectivity index (χ4n) is 1.47. The Morgan fingerprint density at radius 2 is 2.19 bits per heavy atom. The van der Waals surface area contributed by atoms with Crippen LogP contribution in [0.2, 0.25) is 0 Å². The highest BCUT2D eigenvalue weighted by molar-refractivity contribution is 7.99. The summed E-state index contributed by atoms with van der Waals surface area (Å²) in [6.45, 7) is 3.49. The van der Waals surface area contributed by atoms with Crippen LogP contribution in [0.25, 0.3) is 0 Å². The lowest BCUT2D eigenvalue weighted by Gasteiger charge is -2.08. The van der Waals surface area contributed by atoms with E-state index >= 15 is 0 Å². The van der Waals surface area contributed by atoms with E-state index in [1.165, 1.54) is 6.20 Å². The Balaban J connectivity index is 2.57. The van der Waals surface area contributed by atoms with Crippen LogP contribution in [0, 0.1) is 10.1 Å². The molecule has 0 radical (unpaired) electrons. The van der Waals surface area contributed by atoms with Crippen LogP contribution in [-0.4, -0.2) is 51.2 Å². The molecule has 21 heavy (non-hydrogen) atoms. The molecule has 8 nitrogen and oxygen atoms in total. The number of aromatic nitrogens is 2. The lowest BCUT2D eigenvalue weighted by Crippen LogP contribution is -2.11. The Kier molecular flexibility index (Phi) is 8.44. The van der Waals surface area contributed by atoms with Crippen LogP contribution in [-0.2, 0) is 0 Å². The van der Waals surface area contributed by atoms with E-state index in [-0.39, 0.29) is 18.1 Å². The summed E-state index contributed by atoms with van der Waals surface area (Å²) in [6.07, 6.45) is 2.89. The van der Waals surface area contributed by atoms with Crippen molar-refractivity contribution in [2.75, 3.05) is 41.8 Å². The Morgan fingerprint density at radius 1 is 1.38 bits per heavy atom. The molecule has 118 valence electrons. The summed E-state index contributed by atoms with van der Waals surface area (Å²) in [5, 5.41) is 25.6. The molecule has 1 heterocycles. The highest BCUT2D eigenvalue weighted by atomic mass is 32.2. The van der Waals surface area contributed by atoms with Crippen LogP contribution in [0.15, 0.2) is 6.20 Å². The fraction of sp³-hybridized carbons (Fsp3) is 0.667. The molecule has 0 fully saturated rings. The second-order valence-electron chi connectivity index (χ2n) is 4.23. The molecule has 0 saturated heterocycles. The molecule has 0 atom stereocenters. The highest BCUT2D eigenvalue weighted by Gasteiger charge is 2.16. The Labute approximate surface area is 127 Å². The van der Waals surface area contributed by atoms with Crippen molar-refractivity contribution in [3.05, 3.63) is 16.3 Å². The number of hydrogen-bond donors (Lipinski definition) is 3. The lowest BCUT2D eigenvalue weighted by molar-refractivity contribution is -0.384. The van der Waals surface area contributed by atoms with Crippen molar-refractivity contribution in [3.63, 3.8) is 0 Å². The maximum Gasteiger partial charge on any atom is 0.329 e. The van der Waals surface area contributed by atoms with E-state index in [0.717, 1.165) is 24.3 Å². The zero-order valence-corrected chi connectivity index (χ0v) is 12.9. The van der Waals surface area contributed by atoms with Gasteiger partial charge in [0.05, 0.1) is 4.92 Å². The molecule has 1 aromatic rings. The van der Waals surface area contributed by atoms with Crippen molar-refractivity contribution < 1.29 is 10.0 Å². The molecule has 1 rings (SSSR count). The summed E-state index contributed by atoms with van der Waals surface area (Å²) in [7, 11) is 0. The van der Waals surface area contributed by atoms with Gasteiger partial charge >= 0.3 is 5.69 Å². The molecule has 9 heteroatoms. The third-order valence-electron chi connectivity index (χ3n) is 2.48. The summed E-state index contributed by atoms with van der Waals surface area (Å²) >= 11 is 1.68. The maximum atomic E-state index is 11.0. The number of hydrogen-bond acceptors (Lipinski definition) is 8. The van der Waals surface area contributed by atoms with Gasteiger partial charge in [-0.3, -0.25) is 10.1 Å². The molecular weight excluding hydrogens is 294 g/mol. The van der Waals surface area contributed by atoms with Crippen LogP contribution in [0.4, 0.5) is 17.5 Å². The molecule has 0 aliphatic heterocycles. The van der Waals surface area contributed by atoms with Crippen LogP contribution in [0.1, 0.15) is 19.8 Å². The molecule has 0 aliphatic carbocycles. The first kappa shape index (κ1) is 17.4. The third kappa shape index (κ3) is 6.58. The van der Waals surface area contributed by atoms with Crippen molar-refractivity contribution in [1.82, 2.24) is 9.97 Å². The normalized spacial score (nSPS) is 10.4.